The first-order valence-corrected chi connectivity index (χ1v) is 11.8. The Morgan fingerprint density at radius 1 is 1.18 bits per heavy atom. The van der Waals surface area contributed by atoms with E-state index in [0.717, 1.165) is 29.0 Å². The third kappa shape index (κ3) is 7.22. The van der Waals surface area contributed by atoms with E-state index in [0.29, 0.717) is 42.9 Å². The van der Waals surface area contributed by atoms with Crippen molar-refractivity contribution in [3.8, 4) is 11.5 Å². The number of benzene rings is 1. The molecule has 0 saturated carbocycles. The smallest absolute Gasteiger partial charge is 0.258 e. The molecule has 1 aromatic carbocycles. The highest BCUT2D eigenvalue weighted by Gasteiger charge is 2.13. The molecule has 3 aromatic rings. The Labute approximate surface area is 197 Å². The van der Waals surface area contributed by atoms with Gasteiger partial charge >= 0.3 is 0 Å². The minimum absolute atomic E-state index is 0.0828. The number of nitrogens with zero attached hydrogens (tertiary/aromatic N) is 4. The van der Waals surface area contributed by atoms with Crippen LogP contribution in [0.4, 0.5) is 5.82 Å². The van der Waals surface area contributed by atoms with Crippen molar-refractivity contribution in [3.63, 3.8) is 0 Å². The molecule has 2 aromatic heterocycles. The third-order valence-electron chi connectivity index (χ3n) is 4.57. The predicted octanol–water partition coefficient (Wildman–Crippen LogP) is 2.59. The number of amides is 1. The number of nitrogens with one attached hydrogen (secondary N) is 2. The fraction of sp³-hybridized carbons (Fsp3) is 0.455. The Balaban J connectivity index is 1.59. The number of hydrogen-bond acceptors (Lipinski definition) is 9. The molecule has 0 spiro atoms. The molecule has 1 amide bonds. The fourth-order valence-electron chi connectivity index (χ4n) is 2.96. The summed E-state index contributed by atoms with van der Waals surface area (Å²) in [7, 11) is 3.24. The summed E-state index contributed by atoms with van der Waals surface area (Å²) >= 11 is 1.61. The number of fused-ring (bicyclic) bond motifs is 1. The van der Waals surface area contributed by atoms with Crippen molar-refractivity contribution in [3.05, 3.63) is 30.5 Å². The molecule has 0 radical (unpaired) electrons. The van der Waals surface area contributed by atoms with Crippen molar-refractivity contribution in [2.45, 2.75) is 25.0 Å². The zero-order valence-electron chi connectivity index (χ0n) is 19.2. The van der Waals surface area contributed by atoms with Gasteiger partial charge in [0.25, 0.3) is 5.91 Å². The molecule has 0 aliphatic carbocycles. The van der Waals surface area contributed by atoms with Crippen molar-refractivity contribution in [1.29, 1.82) is 0 Å². The van der Waals surface area contributed by atoms with E-state index >= 15 is 0 Å². The zero-order valence-corrected chi connectivity index (χ0v) is 20.0. The number of rotatable bonds is 14. The standard InChI is InChI=1S/C22H30N6O4S/c1-4-12-33-22-26-20(24-9-11-30-2)18-14-25-28(21(18)27-22)10-8-23-19(29)15-32-17-7-5-6-16(13-17)31-3/h5-7,13-14H,4,8-12,15H2,1-3H3,(H,23,29)(H,24,26,27). The summed E-state index contributed by atoms with van der Waals surface area (Å²) in [4.78, 5) is 21.5. The van der Waals surface area contributed by atoms with Gasteiger partial charge in [-0.3, -0.25) is 4.79 Å². The number of hydrogen-bond donors (Lipinski definition) is 2. The number of carbonyl (C=O) groups is 1. The highest BCUT2D eigenvalue weighted by molar-refractivity contribution is 7.99. The van der Waals surface area contributed by atoms with Crippen LogP contribution in [0, 0.1) is 0 Å². The van der Waals surface area contributed by atoms with Crippen molar-refractivity contribution in [2.24, 2.45) is 0 Å². The summed E-state index contributed by atoms with van der Waals surface area (Å²) in [5, 5.41) is 12.1. The lowest BCUT2D eigenvalue weighted by Crippen LogP contribution is -2.31. The molecule has 0 aliphatic heterocycles. The number of aromatic nitrogens is 4. The average Bonchev–Trinajstić information content (AvgIpc) is 3.24. The van der Waals surface area contributed by atoms with E-state index in [9.17, 15) is 4.79 Å². The normalized spacial score (nSPS) is 10.9. The van der Waals surface area contributed by atoms with Gasteiger partial charge in [-0.2, -0.15) is 5.10 Å². The molecule has 10 nitrogen and oxygen atoms in total. The van der Waals surface area contributed by atoms with E-state index < -0.39 is 0 Å². The first-order chi connectivity index (χ1) is 16.1. The second-order valence-electron chi connectivity index (χ2n) is 7.05. The molecule has 178 valence electrons. The molecule has 11 heteroatoms. The van der Waals surface area contributed by atoms with Crippen LogP contribution < -0.4 is 20.1 Å². The van der Waals surface area contributed by atoms with Crippen LogP contribution in [0.25, 0.3) is 11.0 Å². The van der Waals surface area contributed by atoms with Crippen molar-refractivity contribution >= 4 is 34.5 Å². The molecular weight excluding hydrogens is 444 g/mol. The van der Waals surface area contributed by atoms with Crippen LogP contribution in [0.15, 0.2) is 35.6 Å². The highest BCUT2D eigenvalue weighted by Crippen LogP contribution is 2.24. The summed E-state index contributed by atoms with van der Waals surface area (Å²) in [6.45, 7) is 4.11. The molecule has 0 fully saturated rings. The van der Waals surface area contributed by atoms with Gasteiger partial charge in [-0.05, 0) is 18.6 Å². The summed E-state index contributed by atoms with van der Waals surface area (Å²) in [5.74, 6) is 2.70. The molecule has 0 atom stereocenters. The lowest BCUT2D eigenvalue weighted by atomic mass is 10.3. The summed E-state index contributed by atoms with van der Waals surface area (Å²) in [6, 6.07) is 7.13. The van der Waals surface area contributed by atoms with Gasteiger partial charge < -0.3 is 24.8 Å². The van der Waals surface area contributed by atoms with E-state index in [1.807, 2.05) is 12.1 Å². The van der Waals surface area contributed by atoms with Crippen molar-refractivity contribution in [1.82, 2.24) is 25.1 Å². The van der Waals surface area contributed by atoms with E-state index in [1.165, 1.54) is 0 Å². The van der Waals surface area contributed by atoms with Crippen LogP contribution in [0.3, 0.4) is 0 Å². The lowest BCUT2D eigenvalue weighted by molar-refractivity contribution is -0.123. The van der Waals surface area contributed by atoms with Crippen LogP contribution in [-0.2, 0) is 16.1 Å². The third-order valence-corrected chi connectivity index (χ3v) is 5.62. The Bertz CT molecular complexity index is 1040. The Kier molecular flexibility index (Phi) is 9.58. The number of thioether (sulfide) groups is 1. The Morgan fingerprint density at radius 3 is 2.82 bits per heavy atom. The highest BCUT2D eigenvalue weighted by atomic mass is 32.2. The Morgan fingerprint density at radius 2 is 2.03 bits per heavy atom. The molecule has 0 bridgehead atoms. The second kappa shape index (κ2) is 12.9. The van der Waals surface area contributed by atoms with Gasteiger partial charge in [-0.15, -0.1) is 0 Å². The van der Waals surface area contributed by atoms with Gasteiger partial charge in [0, 0.05) is 32.0 Å². The molecule has 0 aliphatic rings. The Hall–Kier alpha value is -3.05. The van der Waals surface area contributed by atoms with E-state index in [4.69, 9.17) is 14.2 Å². The molecule has 33 heavy (non-hydrogen) atoms. The molecule has 0 unspecified atom stereocenters. The number of carbonyl (C=O) groups excluding carboxylic acids is 1. The van der Waals surface area contributed by atoms with E-state index in [1.54, 1.807) is 49.0 Å². The summed E-state index contributed by atoms with van der Waals surface area (Å²) in [6.07, 6.45) is 2.77. The predicted molar refractivity (Wildman–Crippen MR) is 128 cm³/mol. The number of anilines is 1. The van der Waals surface area contributed by atoms with Gasteiger partial charge in [-0.1, -0.05) is 24.8 Å². The van der Waals surface area contributed by atoms with Gasteiger partial charge in [-0.25, -0.2) is 14.6 Å². The maximum atomic E-state index is 12.2. The first kappa shape index (κ1) is 24.6. The number of ether oxygens (including phenoxy) is 3. The maximum Gasteiger partial charge on any atom is 0.258 e. The summed E-state index contributed by atoms with van der Waals surface area (Å²) in [5.41, 5.74) is 0.727. The molecule has 3 rings (SSSR count). The molecular formula is C22H30N6O4S. The minimum Gasteiger partial charge on any atom is -0.497 e. The largest absolute Gasteiger partial charge is 0.497 e. The summed E-state index contributed by atoms with van der Waals surface area (Å²) < 4.78 is 17.6. The van der Waals surface area contributed by atoms with Gasteiger partial charge in [0.2, 0.25) is 0 Å². The van der Waals surface area contributed by atoms with E-state index in [-0.39, 0.29) is 12.5 Å². The number of methoxy groups -OCH3 is 2. The zero-order chi connectivity index (χ0) is 23.5. The first-order valence-electron chi connectivity index (χ1n) is 10.8. The maximum absolute atomic E-state index is 12.2. The van der Waals surface area contributed by atoms with Gasteiger partial charge in [0.15, 0.2) is 17.4 Å². The lowest BCUT2D eigenvalue weighted by Gasteiger charge is -2.10. The topological polar surface area (TPSA) is 112 Å². The van der Waals surface area contributed by atoms with E-state index in [2.05, 4.69) is 32.6 Å². The van der Waals surface area contributed by atoms with Crippen LogP contribution in [-0.4, -0.2) is 71.9 Å². The van der Waals surface area contributed by atoms with Crippen LogP contribution in [0.1, 0.15) is 13.3 Å². The minimum atomic E-state index is -0.218. The molecule has 2 heterocycles. The van der Waals surface area contributed by atoms with Crippen LogP contribution >= 0.6 is 11.8 Å². The second-order valence-corrected chi connectivity index (χ2v) is 8.11. The average molecular weight is 475 g/mol. The fourth-order valence-corrected chi connectivity index (χ4v) is 3.65. The van der Waals surface area contributed by atoms with Gasteiger partial charge in [0.05, 0.1) is 31.8 Å². The SMILES string of the molecule is CCCSc1nc(NCCOC)c2cnn(CCNC(=O)COc3cccc(OC)c3)c2n1. The monoisotopic (exact) mass is 474 g/mol. The molecule has 0 saturated heterocycles. The van der Waals surface area contributed by atoms with Crippen LogP contribution in [0.2, 0.25) is 0 Å². The van der Waals surface area contributed by atoms with Crippen molar-refractivity contribution in [2.75, 3.05) is 51.6 Å². The van der Waals surface area contributed by atoms with Crippen molar-refractivity contribution < 1.29 is 19.0 Å². The van der Waals surface area contributed by atoms with Crippen LogP contribution in [0.5, 0.6) is 11.5 Å². The molecule has 2 N–H and O–H groups in total. The quantitative estimate of drug-likeness (QED) is 0.207. The van der Waals surface area contributed by atoms with Gasteiger partial charge in [0.1, 0.15) is 17.3 Å².